The van der Waals surface area contributed by atoms with E-state index in [9.17, 15) is 0 Å². The second kappa shape index (κ2) is 2.68. The van der Waals surface area contributed by atoms with Crippen LogP contribution < -0.4 is 5.32 Å². The summed E-state index contributed by atoms with van der Waals surface area (Å²) in [5, 5.41) is 3.43. The molecule has 2 aliphatic rings. The van der Waals surface area contributed by atoms with Crippen LogP contribution in [0.15, 0.2) is 4.99 Å². The maximum Gasteiger partial charge on any atom is 0.0649 e. The lowest BCUT2D eigenvalue weighted by atomic mass is 10.3. The van der Waals surface area contributed by atoms with E-state index < -0.39 is 0 Å². The molecule has 2 rings (SSSR count). The van der Waals surface area contributed by atoms with Gasteiger partial charge in [-0.05, 0) is 0 Å². The summed E-state index contributed by atoms with van der Waals surface area (Å²) in [6.07, 6.45) is 3.72. The summed E-state index contributed by atoms with van der Waals surface area (Å²) in [4.78, 5) is 6.71. The number of aliphatic imine (C=N–C) groups is 1. The van der Waals surface area contributed by atoms with Gasteiger partial charge in [-0.1, -0.05) is 0 Å². The van der Waals surface area contributed by atoms with Crippen molar-refractivity contribution in [1.29, 1.82) is 0 Å². The molecule has 2 aliphatic heterocycles. The summed E-state index contributed by atoms with van der Waals surface area (Å²) in [6, 6.07) is 0. The number of hydrogen-bond donors (Lipinski definition) is 1. The first-order chi connectivity index (χ1) is 4.97. The van der Waals surface area contributed by atoms with Gasteiger partial charge < -0.3 is 5.32 Å². The molecule has 10 heavy (non-hydrogen) atoms. The van der Waals surface area contributed by atoms with Crippen molar-refractivity contribution in [3.8, 4) is 0 Å². The first-order valence-electron chi connectivity index (χ1n) is 3.92. The van der Waals surface area contributed by atoms with Gasteiger partial charge in [0.1, 0.15) is 0 Å². The summed E-state index contributed by atoms with van der Waals surface area (Å²) in [5.41, 5.74) is 0. The Morgan fingerprint density at radius 2 is 2.50 bits per heavy atom. The zero-order valence-electron chi connectivity index (χ0n) is 6.08. The summed E-state index contributed by atoms with van der Waals surface area (Å²) in [6.45, 7) is 4.47. The zero-order valence-corrected chi connectivity index (χ0v) is 6.08. The molecule has 1 atom stereocenters. The number of nitrogens with zero attached hydrogens (tertiary/aromatic N) is 2. The molecule has 0 amide bonds. The second-order valence-corrected chi connectivity index (χ2v) is 2.83. The Bertz CT molecular complexity index is 144. The average molecular weight is 139 g/mol. The SMILES string of the molecule is C1=NCCN2CCNC2C1. The average Bonchev–Trinajstić information content (AvgIpc) is 2.28. The molecule has 0 aliphatic carbocycles. The summed E-state index contributed by atoms with van der Waals surface area (Å²) in [5.74, 6) is 0. The monoisotopic (exact) mass is 139 g/mol. The summed E-state index contributed by atoms with van der Waals surface area (Å²) in [7, 11) is 0. The fourth-order valence-corrected chi connectivity index (χ4v) is 1.61. The molecule has 0 spiro atoms. The lowest BCUT2D eigenvalue weighted by Gasteiger charge is -2.19. The maximum absolute atomic E-state index is 4.25. The molecule has 0 aromatic carbocycles. The highest BCUT2D eigenvalue weighted by atomic mass is 15.3. The van der Waals surface area contributed by atoms with E-state index in [1.54, 1.807) is 0 Å². The molecule has 0 saturated carbocycles. The van der Waals surface area contributed by atoms with Crippen LogP contribution in [0.25, 0.3) is 0 Å². The third-order valence-corrected chi connectivity index (χ3v) is 2.19. The van der Waals surface area contributed by atoms with Crippen molar-refractivity contribution in [2.24, 2.45) is 4.99 Å². The van der Waals surface area contributed by atoms with Crippen molar-refractivity contribution in [3.05, 3.63) is 0 Å². The number of rotatable bonds is 0. The van der Waals surface area contributed by atoms with Gasteiger partial charge in [-0.2, -0.15) is 0 Å². The van der Waals surface area contributed by atoms with E-state index in [0.29, 0.717) is 6.17 Å². The normalized spacial score (nSPS) is 33.8. The minimum atomic E-state index is 0.589. The van der Waals surface area contributed by atoms with E-state index >= 15 is 0 Å². The van der Waals surface area contributed by atoms with E-state index in [1.165, 1.54) is 6.54 Å². The number of nitrogens with one attached hydrogen (secondary N) is 1. The molecule has 0 aromatic rings. The molecule has 0 radical (unpaired) electrons. The Hall–Kier alpha value is -0.410. The van der Waals surface area contributed by atoms with Crippen LogP contribution in [0.4, 0.5) is 0 Å². The van der Waals surface area contributed by atoms with E-state index in [1.807, 2.05) is 6.21 Å². The highest BCUT2D eigenvalue weighted by molar-refractivity contribution is 5.58. The first-order valence-corrected chi connectivity index (χ1v) is 3.92. The second-order valence-electron chi connectivity index (χ2n) is 2.83. The van der Waals surface area contributed by atoms with Gasteiger partial charge in [0, 0.05) is 32.3 Å². The number of fused-ring (bicyclic) bond motifs is 1. The van der Waals surface area contributed by atoms with Crippen LogP contribution in [0.1, 0.15) is 6.42 Å². The highest BCUT2D eigenvalue weighted by Crippen LogP contribution is 2.07. The molecule has 1 saturated heterocycles. The van der Waals surface area contributed by atoms with Crippen LogP contribution in [0.2, 0.25) is 0 Å². The molecular formula is C7H13N3. The first kappa shape index (κ1) is 6.31. The Morgan fingerprint density at radius 1 is 1.50 bits per heavy atom. The number of hydrogen-bond acceptors (Lipinski definition) is 3. The molecular weight excluding hydrogens is 126 g/mol. The predicted octanol–water partition coefficient (Wildman–Crippen LogP) is -0.308. The lowest BCUT2D eigenvalue weighted by molar-refractivity contribution is 0.261. The van der Waals surface area contributed by atoms with E-state index in [0.717, 1.165) is 26.1 Å². The minimum absolute atomic E-state index is 0.589. The van der Waals surface area contributed by atoms with Gasteiger partial charge in [-0.15, -0.1) is 0 Å². The smallest absolute Gasteiger partial charge is 0.0649 e. The van der Waals surface area contributed by atoms with Crippen LogP contribution in [-0.2, 0) is 0 Å². The van der Waals surface area contributed by atoms with Gasteiger partial charge in [0.25, 0.3) is 0 Å². The quantitative estimate of drug-likeness (QED) is 0.498. The van der Waals surface area contributed by atoms with Gasteiger partial charge in [0.2, 0.25) is 0 Å². The van der Waals surface area contributed by atoms with Crippen molar-refractivity contribution in [2.45, 2.75) is 12.6 Å². The highest BCUT2D eigenvalue weighted by Gasteiger charge is 2.22. The minimum Gasteiger partial charge on any atom is -0.300 e. The van der Waals surface area contributed by atoms with E-state index in [-0.39, 0.29) is 0 Å². The third kappa shape index (κ3) is 1.07. The Labute approximate surface area is 61.1 Å². The van der Waals surface area contributed by atoms with E-state index in [2.05, 4.69) is 15.2 Å². The molecule has 0 bridgehead atoms. The molecule has 3 nitrogen and oxygen atoms in total. The molecule has 0 aromatic heterocycles. The topological polar surface area (TPSA) is 27.6 Å². The fraction of sp³-hybridized carbons (Fsp3) is 0.857. The van der Waals surface area contributed by atoms with Gasteiger partial charge >= 0.3 is 0 Å². The molecule has 1 N–H and O–H groups in total. The zero-order chi connectivity index (χ0) is 6.81. The van der Waals surface area contributed by atoms with Crippen molar-refractivity contribution in [2.75, 3.05) is 26.2 Å². The largest absolute Gasteiger partial charge is 0.300 e. The third-order valence-electron chi connectivity index (χ3n) is 2.19. The van der Waals surface area contributed by atoms with Crippen molar-refractivity contribution in [3.63, 3.8) is 0 Å². The molecule has 1 fully saturated rings. The lowest BCUT2D eigenvalue weighted by Crippen LogP contribution is -2.35. The van der Waals surface area contributed by atoms with Crippen LogP contribution in [-0.4, -0.2) is 43.5 Å². The molecule has 3 heteroatoms. The van der Waals surface area contributed by atoms with Crippen molar-refractivity contribution < 1.29 is 0 Å². The van der Waals surface area contributed by atoms with Gasteiger partial charge in [-0.25, -0.2) is 0 Å². The maximum atomic E-state index is 4.25. The molecule has 2 heterocycles. The molecule has 1 unspecified atom stereocenters. The van der Waals surface area contributed by atoms with Crippen molar-refractivity contribution in [1.82, 2.24) is 10.2 Å². The van der Waals surface area contributed by atoms with Crippen LogP contribution in [0, 0.1) is 0 Å². The van der Waals surface area contributed by atoms with E-state index in [4.69, 9.17) is 0 Å². The predicted molar refractivity (Wildman–Crippen MR) is 41.3 cm³/mol. The van der Waals surface area contributed by atoms with Crippen LogP contribution in [0.3, 0.4) is 0 Å². The Kier molecular flexibility index (Phi) is 1.69. The van der Waals surface area contributed by atoms with Crippen molar-refractivity contribution >= 4 is 6.21 Å². The van der Waals surface area contributed by atoms with Gasteiger partial charge in [-0.3, -0.25) is 9.89 Å². The Morgan fingerprint density at radius 3 is 3.50 bits per heavy atom. The Balaban J connectivity index is 2.02. The van der Waals surface area contributed by atoms with Gasteiger partial charge in [0.15, 0.2) is 0 Å². The summed E-state index contributed by atoms with van der Waals surface area (Å²) < 4.78 is 0. The summed E-state index contributed by atoms with van der Waals surface area (Å²) >= 11 is 0. The van der Waals surface area contributed by atoms with Crippen LogP contribution >= 0.6 is 0 Å². The standard InChI is InChI=1S/C7H13N3/c1-2-8-3-5-10-6-4-9-7(1)10/h2,7,9H,1,3-6H2. The fourth-order valence-electron chi connectivity index (χ4n) is 1.61. The van der Waals surface area contributed by atoms with Crippen LogP contribution in [0.5, 0.6) is 0 Å². The van der Waals surface area contributed by atoms with Gasteiger partial charge in [0.05, 0.1) is 12.7 Å². The molecule has 56 valence electrons.